The number of aryl methyl sites for hydroxylation is 1. The van der Waals surface area contributed by atoms with Gasteiger partial charge < -0.3 is 0 Å². The first-order chi connectivity index (χ1) is 15.0. The van der Waals surface area contributed by atoms with Crippen LogP contribution in [-0.4, -0.2) is 14.8 Å². The Morgan fingerprint density at radius 1 is 1.10 bits per heavy atom. The summed E-state index contributed by atoms with van der Waals surface area (Å²) >= 11 is 4.77. The maximum atomic E-state index is 13.4. The Morgan fingerprint density at radius 3 is 2.42 bits per heavy atom. The summed E-state index contributed by atoms with van der Waals surface area (Å²) in [5.74, 6) is -1.65. The first-order valence-corrected chi connectivity index (χ1v) is 11.1. The van der Waals surface area contributed by atoms with Gasteiger partial charge in [-0.1, -0.05) is 58.4 Å². The minimum Gasteiger partial charge on any atom is -0.293 e. The highest BCUT2D eigenvalue weighted by molar-refractivity contribution is 9.10. The van der Waals surface area contributed by atoms with Crippen molar-refractivity contribution in [2.24, 2.45) is 5.92 Å². The normalized spacial score (nSPS) is 11.8. The average Bonchev–Trinajstić information content (AvgIpc) is 3.38. The van der Waals surface area contributed by atoms with Crippen LogP contribution >= 0.6 is 27.3 Å². The third-order valence-electron chi connectivity index (χ3n) is 5.02. The highest BCUT2D eigenvalue weighted by Gasteiger charge is 2.31. The molecule has 31 heavy (non-hydrogen) atoms. The molecule has 2 aromatic carbocycles. The van der Waals surface area contributed by atoms with Gasteiger partial charge >= 0.3 is 0 Å². The lowest BCUT2D eigenvalue weighted by atomic mass is 9.82. The topological polar surface area (TPSA) is 98.3 Å². The summed E-state index contributed by atoms with van der Waals surface area (Å²) in [5.41, 5.74) is 3.16. The Bertz CT molecular complexity index is 1340. The zero-order chi connectivity index (χ0) is 22.0. The number of aromatic amines is 1. The van der Waals surface area contributed by atoms with Crippen molar-refractivity contribution in [2.75, 3.05) is 0 Å². The highest BCUT2D eigenvalue weighted by atomic mass is 79.9. The van der Waals surface area contributed by atoms with E-state index < -0.39 is 11.8 Å². The van der Waals surface area contributed by atoms with E-state index in [1.165, 1.54) is 16.0 Å². The lowest BCUT2D eigenvalue weighted by Gasteiger charge is -2.16. The molecule has 4 aromatic rings. The van der Waals surface area contributed by atoms with Crippen LogP contribution in [0.1, 0.15) is 22.7 Å². The maximum absolute atomic E-state index is 13.4. The van der Waals surface area contributed by atoms with E-state index in [2.05, 4.69) is 26.0 Å². The minimum absolute atomic E-state index is 0.307. The van der Waals surface area contributed by atoms with Crippen LogP contribution in [0.5, 0.6) is 0 Å². The molecule has 0 unspecified atom stereocenters. The SMILES string of the molecule is Cc1[nH]n(-c2nc(-c3ccc(Br)cc3)cs2)c(=O)c1[C@@H](c1ccccc1)C(C#N)C#N. The average molecular weight is 490 g/mol. The van der Waals surface area contributed by atoms with Crippen LogP contribution < -0.4 is 5.56 Å². The molecule has 0 saturated heterocycles. The van der Waals surface area contributed by atoms with E-state index in [1.54, 1.807) is 6.92 Å². The van der Waals surface area contributed by atoms with Crippen molar-refractivity contribution in [3.8, 4) is 28.5 Å². The third-order valence-corrected chi connectivity index (χ3v) is 6.38. The van der Waals surface area contributed by atoms with Crippen LogP contribution in [0.15, 0.2) is 69.2 Å². The van der Waals surface area contributed by atoms with Crippen molar-refractivity contribution in [2.45, 2.75) is 12.8 Å². The van der Waals surface area contributed by atoms with Crippen molar-refractivity contribution >= 4 is 27.3 Å². The van der Waals surface area contributed by atoms with E-state index >= 15 is 0 Å². The number of rotatable bonds is 5. The fraction of sp³-hybridized carbons (Fsp3) is 0.130. The van der Waals surface area contributed by atoms with E-state index in [0.717, 1.165) is 21.3 Å². The Balaban J connectivity index is 1.80. The monoisotopic (exact) mass is 489 g/mol. The minimum atomic E-state index is -0.993. The van der Waals surface area contributed by atoms with Gasteiger partial charge in [-0.3, -0.25) is 9.89 Å². The molecule has 1 atom stereocenters. The van der Waals surface area contributed by atoms with Gasteiger partial charge in [-0.2, -0.15) is 15.2 Å². The number of nitriles is 2. The number of hydrogen-bond acceptors (Lipinski definition) is 5. The Morgan fingerprint density at radius 2 is 1.77 bits per heavy atom. The Labute approximate surface area is 191 Å². The number of nitrogens with one attached hydrogen (secondary N) is 1. The van der Waals surface area contributed by atoms with Crippen molar-refractivity contribution in [1.82, 2.24) is 14.8 Å². The molecule has 4 rings (SSSR count). The smallest absolute Gasteiger partial charge is 0.277 e. The molecule has 1 N–H and O–H groups in total. The van der Waals surface area contributed by atoms with Gasteiger partial charge in [0.1, 0.15) is 5.92 Å². The van der Waals surface area contributed by atoms with E-state index in [0.29, 0.717) is 16.4 Å². The van der Waals surface area contributed by atoms with Crippen molar-refractivity contribution in [3.05, 3.63) is 91.6 Å². The van der Waals surface area contributed by atoms with Crippen molar-refractivity contribution in [3.63, 3.8) is 0 Å². The first-order valence-electron chi connectivity index (χ1n) is 9.41. The number of thiazole rings is 1. The van der Waals surface area contributed by atoms with Gasteiger partial charge in [-0.15, -0.1) is 11.3 Å². The number of nitrogens with zero attached hydrogens (tertiary/aromatic N) is 4. The van der Waals surface area contributed by atoms with Gasteiger partial charge in [0, 0.05) is 32.6 Å². The summed E-state index contributed by atoms with van der Waals surface area (Å²) in [6, 6.07) is 21.0. The van der Waals surface area contributed by atoms with Crippen LogP contribution in [0.25, 0.3) is 16.4 Å². The van der Waals surface area contributed by atoms with E-state index in [9.17, 15) is 15.3 Å². The summed E-state index contributed by atoms with van der Waals surface area (Å²) in [4.78, 5) is 18.0. The molecule has 0 aliphatic carbocycles. The molecule has 0 amide bonds. The summed E-state index contributed by atoms with van der Waals surface area (Å²) in [6.07, 6.45) is 0. The number of hydrogen-bond donors (Lipinski definition) is 1. The van der Waals surface area contributed by atoms with Gasteiger partial charge in [-0.05, 0) is 24.6 Å². The van der Waals surface area contributed by atoms with E-state index in [4.69, 9.17) is 0 Å². The molecule has 0 saturated carbocycles. The number of benzene rings is 2. The summed E-state index contributed by atoms with van der Waals surface area (Å²) in [6.45, 7) is 1.78. The van der Waals surface area contributed by atoms with Gasteiger partial charge in [0.15, 0.2) is 0 Å². The second-order valence-electron chi connectivity index (χ2n) is 6.94. The highest BCUT2D eigenvalue weighted by Crippen LogP contribution is 2.32. The second-order valence-corrected chi connectivity index (χ2v) is 8.69. The molecule has 0 radical (unpaired) electrons. The number of aromatic nitrogens is 3. The second kappa shape index (κ2) is 8.73. The molecular formula is C23H16BrN5OS. The molecule has 0 fully saturated rings. The molecule has 8 heteroatoms. The third kappa shape index (κ3) is 3.96. The van der Waals surface area contributed by atoms with Crippen LogP contribution in [0.3, 0.4) is 0 Å². The van der Waals surface area contributed by atoms with E-state index in [1.807, 2.05) is 72.1 Å². The first kappa shape index (κ1) is 20.8. The molecular weight excluding hydrogens is 474 g/mol. The quantitative estimate of drug-likeness (QED) is 0.418. The fourth-order valence-corrected chi connectivity index (χ4v) is 4.60. The molecule has 6 nitrogen and oxygen atoms in total. The maximum Gasteiger partial charge on any atom is 0.277 e. The van der Waals surface area contributed by atoms with Crippen molar-refractivity contribution < 1.29 is 0 Å². The molecule has 0 spiro atoms. The van der Waals surface area contributed by atoms with E-state index in [-0.39, 0.29) is 5.56 Å². The van der Waals surface area contributed by atoms with Gasteiger partial charge in [0.2, 0.25) is 5.13 Å². The summed E-state index contributed by atoms with van der Waals surface area (Å²) in [7, 11) is 0. The fourth-order valence-electron chi connectivity index (χ4n) is 3.54. The Hall–Kier alpha value is -3.46. The molecule has 2 heterocycles. The van der Waals surface area contributed by atoms with Crippen LogP contribution in [-0.2, 0) is 0 Å². The lowest BCUT2D eigenvalue weighted by molar-refractivity contribution is 0.699. The van der Waals surface area contributed by atoms with Gasteiger partial charge in [-0.25, -0.2) is 4.98 Å². The zero-order valence-corrected chi connectivity index (χ0v) is 18.8. The van der Waals surface area contributed by atoms with Crippen molar-refractivity contribution in [1.29, 1.82) is 10.5 Å². The lowest BCUT2D eigenvalue weighted by Crippen LogP contribution is -2.23. The van der Waals surface area contributed by atoms with Crippen LogP contribution in [0, 0.1) is 35.5 Å². The molecule has 0 aliphatic rings. The standard InChI is InChI=1S/C23H16BrN5OS/c1-14-20(21(17(11-25)12-26)16-5-3-2-4-6-16)22(30)29(28-14)23-27-19(13-31-23)15-7-9-18(24)10-8-15/h2-10,13,17,21,28H,1H3/t21-/m0/s1. The summed E-state index contributed by atoms with van der Waals surface area (Å²) in [5, 5.41) is 24.6. The van der Waals surface area contributed by atoms with Gasteiger partial charge in [0.05, 0.1) is 17.8 Å². The molecule has 152 valence electrons. The molecule has 0 bridgehead atoms. The van der Waals surface area contributed by atoms with Crippen LogP contribution in [0.2, 0.25) is 0 Å². The summed E-state index contributed by atoms with van der Waals surface area (Å²) < 4.78 is 2.36. The predicted molar refractivity (Wildman–Crippen MR) is 123 cm³/mol. The predicted octanol–water partition coefficient (Wildman–Crippen LogP) is 5.16. The van der Waals surface area contributed by atoms with Gasteiger partial charge in [0.25, 0.3) is 5.56 Å². The molecule has 0 aliphatic heterocycles. The molecule has 2 aromatic heterocycles. The largest absolute Gasteiger partial charge is 0.293 e. The van der Waals surface area contributed by atoms with Crippen LogP contribution in [0.4, 0.5) is 0 Å². The Kier molecular flexibility index (Phi) is 5.85. The number of H-pyrrole nitrogens is 1. The zero-order valence-electron chi connectivity index (χ0n) is 16.4. The number of halogens is 1.